The van der Waals surface area contributed by atoms with E-state index in [4.69, 9.17) is 17.3 Å². The van der Waals surface area contributed by atoms with Crippen molar-refractivity contribution in [2.24, 2.45) is 11.7 Å². The lowest BCUT2D eigenvalue weighted by molar-refractivity contribution is -0.124. The lowest BCUT2D eigenvalue weighted by Crippen LogP contribution is -2.32. The maximum Gasteiger partial charge on any atom is 0.224 e. The molecule has 1 heterocycles. The Kier molecular flexibility index (Phi) is 4.38. The van der Waals surface area contributed by atoms with E-state index < -0.39 is 0 Å². The molecule has 0 aliphatic rings. The van der Waals surface area contributed by atoms with Crippen molar-refractivity contribution in [1.29, 1.82) is 0 Å². The highest BCUT2D eigenvalue weighted by atomic mass is 35.5. The zero-order valence-corrected chi connectivity index (χ0v) is 9.49. The number of halogens is 1. The van der Waals surface area contributed by atoms with E-state index in [9.17, 15) is 4.79 Å². The highest BCUT2D eigenvalue weighted by Gasteiger charge is 2.10. The number of carbonyl (C=O) groups excluding carboxylic acids is 1. The van der Waals surface area contributed by atoms with E-state index in [0.717, 1.165) is 9.21 Å². The van der Waals surface area contributed by atoms with Gasteiger partial charge in [0.1, 0.15) is 0 Å². The van der Waals surface area contributed by atoms with Gasteiger partial charge in [0.15, 0.2) is 0 Å². The summed E-state index contributed by atoms with van der Waals surface area (Å²) in [6, 6.07) is 3.72. The van der Waals surface area contributed by atoms with Crippen LogP contribution in [-0.4, -0.2) is 12.5 Å². The lowest BCUT2D eigenvalue weighted by Gasteiger charge is -2.08. The molecule has 0 radical (unpaired) electrons. The first-order valence-corrected chi connectivity index (χ1v) is 5.55. The van der Waals surface area contributed by atoms with Gasteiger partial charge < -0.3 is 11.1 Å². The van der Waals surface area contributed by atoms with Gasteiger partial charge in [0.25, 0.3) is 0 Å². The minimum absolute atomic E-state index is 0.0166. The lowest BCUT2D eigenvalue weighted by atomic mass is 10.2. The van der Waals surface area contributed by atoms with Gasteiger partial charge in [-0.25, -0.2) is 0 Å². The van der Waals surface area contributed by atoms with E-state index in [1.807, 2.05) is 12.1 Å². The maximum atomic E-state index is 11.3. The molecule has 0 aromatic carbocycles. The third kappa shape index (κ3) is 3.29. The molecule has 1 atom stereocenters. The number of carbonyl (C=O) groups is 1. The van der Waals surface area contributed by atoms with Gasteiger partial charge in [0.2, 0.25) is 5.91 Å². The predicted molar refractivity (Wildman–Crippen MR) is 59.4 cm³/mol. The largest absolute Gasteiger partial charge is 0.351 e. The van der Waals surface area contributed by atoms with Gasteiger partial charge in [0.05, 0.1) is 10.9 Å². The van der Waals surface area contributed by atoms with Crippen molar-refractivity contribution < 1.29 is 4.79 Å². The third-order valence-corrected chi connectivity index (χ3v) is 3.10. The Bertz CT molecular complexity index is 314. The van der Waals surface area contributed by atoms with Crippen molar-refractivity contribution in [2.75, 3.05) is 6.54 Å². The molecule has 0 aliphatic heterocycles. The van der Waals surface area contributed by atoms with Gasteiger partial charge in [-0.3, -0.25) is 4.79 Å². The molecule has 0 bridgehead atoms. The quantitative estimate of drug-likeness (QED) is 0.829. The number of rotatable bonds is 4. The first-order chi connectivity index (χ1) is 6.63. The smallest absolute Gasteiger partial charge is 0.224 e. The van der Waals surface area contributed by atoms with Crippen LogP contribution in [0.2, 0.25) is 4.34 Å². The normalized spacial score (nSPS) is 12.5. The maximum absolute atomic E-state index is 11.3. The molecule has 1 aromatic heterocycles. The number of nitrogens with two attached hydrogens (primary N) is 1. The fourth-order valence-electron chi connectivity index (χ4n) is 0.902. The molecule has 78 valence electrons. The molecule has 0 aliphatic carbocycles. The van der Waals surface area contributed by atoms with Gasteiger partial charge in [-0.1, -0.05) is 18.5 Å². The second-order valence-electron chi connectivity index (χ2n) is 3.06. The van der Waals surface area contributed by atoms with Crippen molar-refractivity contribution in [3.8, 4) is 0 Å². The first kappa shape index (κ1) is 11.5. The number of nitrogens with one attached hydrogen (secondary N) is 1. The van der Waals surface area contributed by atoms with E-state index in [-0.39, 0.29) is 11.8 Å². The van der Waals surface area contributed by atoms with Crippen LogP contribution < -0.4 is 11.1 Å². The van der Waals surface area contributed by atoms with Crippen LogP contribution in [0.1, 0.15) is 11.8 Å². The summed E-state index contributed by atoms with van der Waals surface area (Å²) in [6.45, 7) is 2.70. The topological polar surface area (TPSA) is 55.1 Å². The average molecular weight is 233 g/mol. The van der Waals surface area contributed by atoms with Gasteiger partial charge in [-0.15, -0.1) is 11.3 Å². The molecule has 3 N–H and O–H groups in total. The molecule has 3 nitrogen and oxygen atoms in total. The molecule has 1 aromatic rings. The van der Waals surface area contributed by atoms with Crippen LogP contribution in [0.3, 0.4) is 0 Å². The highest BCUT2D eigenvalue weighted by molar-refractivity contribution is 7.16. The molecule has 0 saturated heterocycles. The SMILES string of the molecule is CC(CN)C(=O)NCc1ccc(Cl)s1. The van der Waals surface area contributed by atoms with Crippen LogP contribution in [0.15, 0.2) is 12.1 Å². The molecular weight excluding hydrogens is 220 g/mol. The Morgan fingerprint density at radius 1 is 1.71 bits per heavy atom. The van der Waals surface area contributed by atoms with E-state index in [2.05, 4.69) is 5.32 Å². The summed E-state index contributed by atoms with van der Waals surface area (Å²) in [5.41, 5.74) is 5.37. The summed E-state index contributed by atoms with van der Waals surface area (Å²) in [7, 11) is 0. The second-order valence-corrected chi connectivity index (χ2v) is 4.86. The molecule has 0 fully saturated rings. The Balaban J connectivity index is 2.37. The van der Waals surface area contributed by atoms with E-state index in [1.165, 1.54) is 11.3 Å². The van der Waals surface area contributed by atoms with Crippen molar-refractivity contribution >= 4 is 28.8 Å². The van der Waals surface area contributed by atoms with Crippen molar-refractivity contribution in [3.05, 3.63) is 21.3 Å². The Labute approximate surface area is 92.3 Å². The fourth-order valence-corrected chi connectivity index (χ4v) is 1.93. The summed E-state index contributed by atoms with van der Waals surface area (Å²) in [5, 5.41) is 2.80. The standard InChI is InChI=1S/C9H13ClN2OS/c1-6(4-11)9(13)12-5-7-2-3-8(10)14-7/h2-3,6H,4-5,11H2,1H3,(H,12,13). The second kappa shape index (κ2) is 5.34. The van der Waals surface area contributed by atoms with E-state index in [0.29, 0.717) is 13.1 Å². The molecule has 0 spiro atoms. The number of thiophene rings is 1. The molecule has 1 amide bonds. The van der Waals surface area contributed by atoms with Crippen LogP contribution in [0.5, 0.6) is 0 Å². The van der Waals surface area contributed by atoms with E-state index in [1.54, 1.807) is 6.92 Å². The summed E-state index contributed by atoms with van der Waals surface area (Å²) >= 11 is 7.22. The highest BCUT2D eigenvalue weighted by Crippen LogP contribution is 2.20. The van der Waals surface area contributed by atoms with Gasteiger partial charge in [0, 0.05) is 17.3 Å². The summed E-state index contributed by atoms with van der Waals surface area (Å²) in [5.74, 6) is -0.151. The van der Waals surface area contributed by atoms with Crippen LogP contribution in [0.25, 0.3) is 0 Å². The zero-order chi connectivity index (χ0) is 10.6. The Morgan fingerprint density at radius 2 is 2.43 bits per heavy atom. The van der Waals surface area contributed by atoms with E-state index >= 15 is 0 Å². The van der Waals surface area contributed by atoms with Crippen molar-refractivity contribution in [1.82, 2.24) is 5.32 Å². The molecule has 0 saturated carbocycles. The van der Waals surface area contributed by atoms with Crippen LogP contribution >= 0.6 is 22.9 Å². The predicted octanol–water partition coefficient (Wildman–Crippen LogP) is 1.61. The number of hydrogen-bond acceptors (Lipinski definition) is 3. The summed E-state index contributed by atoms with van der Waals surface area (Å²) in [6.07, 6.45) is 0. The van der Waals surface area contributed by atoms with Gasteiger partial charge in [-0.2, -0.15) is 0 Å². The molecule has 14 heavy (non-hydrogen) atoms. The monoisotopic (exact) mass is 232 g/mol. The number of amides is 1. The number of hydrogen-bond donors (Lipinski definition) is 2. The van der Waals surface area contributed by atoms with Crippen molar-refractivity contribution in [3.63, 3.8) is 0 Å². The third-order valence-electron chi connectivity index (χ3n) is 1.87. The van der Waals surface area contributed by atoms with Crippen LogP contribution in [0, 0.1) is 5.92 Å². The van der Waals surface area contributed by atoms with Gasteiger partial charge >= 0.3 is 0 Å². The molecule has 1 unspecified atom stereocenters. The van der Waals surface area contributed by atoms with Crippen molar-refractivity contribution in [2.45, 2.75) is 13.5 Å². The summed E-state index contributed by atoms with van der Waals surface area (Å²) in [4.78, 5) is 12.4. The Hall–Kier alpha value is -0.580. The van der Waals surface area contributed by atoms with Crippen LogP contribution in [-0.2, 0) is 11.3 Å². The summed E-state index contributed by atoms with van der Waals surface area (Å²) < 4.78 is 0.737. The fraction of sp³-hybridized carbons (Fsp3) is 0.444. The molecular formula is C9H13ClN2OS. The van der Waals surface area contributed by atoms with Gasteiger partial charge in [-0.05, 0) is 12.1 Å². The zero-order valence-electron chi connectivity index (χ0n) is 7.92. The minimum atomic E-state index is -0.134. The average Bonchev–Trinajstić information content (AvgIpc) is 2.59. The molecule has 1 rings (SSSR count). The van der Waals surface area contributed by atoms with Crippen LogP contribution in [0.4, 0.5) is 0 Å². The Morgan fingerprint density at radius 3 is 2.93 bits per heavy atom. The molecule has 5 heteroatoms. The first-order valence-electron chi connectivity index (χ1n) is 4.35. The minimum Gasteiger partial charge on any atom is -0.351 e.